The molecule has 0 fully saturated rings. The van der Waals surface area contributed by atoms with E-state index in [0.29, 0.717) is 12.1 Å². The molecule has 1 atom stereocenters. The molecule has 1 unspecified atom stereocenters. The molecule has 2 N–H and O–H groups in total. The molecule has 4 nitrogen and oxygen atoms in total. The molecule has 1 aromatic rings. The van der Waals surface area contributed by atoms with Gasteiger partial charge in [0, 0.05) is 18.2 Å². The maximum atomic E-state index is 12.7. The monoisotopic (exact) mass is 334 g/mol. The first kappa shape index (κ1) is 17.4. The Balaban J connectivity index is 3.40. The van der Waals surface area contributed by atoms with Gasteiger partial charge in [-0.1, -0.05) is 43.7 Å². The van der Waals surface area contributed by atoms with Crippen LogP contribution in [0.2, 0.25) is 5.02 Å². The van der Waals surface area contributed by atoms with Gasteiger partial charge < -0.3 is 5.73 Å². The summed E-state index contributed by atoms with van der Waals surface area (Å²) in [7, 11) is -3.66. The number of nitrogens with two attached hydrogens (primary N) is 1. The van der Waals surface area contributed by atoms with Gasteiger partial charge in [-0.3, -0.25) is 0 Å². The molecule has 0 aliphatic rings. The lowest BCUT2D eigenvalue weighted by Gasteiger charge is -2.26. The second-order valence-corrected chi connectivity index (χ2v) is 7.18. The van der Waals surface area contributed by atoms with E-state index in [2.05, 4.69) is 0 Å². The lowest BCUT2D eigenvalue weighted by atomic mass is 10.2. The summed E-state index contributed by atoms with van der Waals surface area (Å²) in [5.74, 6) is 0. The van der Waals surface area contributed by atoms with E-state index in [0.717, 1.165) is 6.42 Å². The minimum Gasteiger partial charge on any atom is -0.389 e. The van der Waals surface area contributed by atoms with Crippen molar-refractivity contribution < 1.29 is 8.42 Å². The molecule has 112 valence electrons. The zero-order valence-electron chi connectivity index (χ0n) is 11.8. The first-order chi connectivity index (χ1) is 9.25. The van der Waals surface area contributed by atoms with Crippen LogP contribution in [-0.2, 0) is 10.0 Å². The Bertz CT molecular complexity index is 602. The van der Waals surface area contributed by atoms with Crippen molar-refractivity contribution in [1.82, 2.24) is 4.31 Å². The molecule has 0 spiro atoms. The number of hydrogen-bond acceptors (Lipinski definition) is 3. The van der Waals surface area contributed by atoms with Crippen molar-refractivity contribution >= 4 is 38.8 Å². The lowest BCUT2D eigenvalue weighted by Crippen LogP contribution is -2.38. The molecule has 0 radical (unpaired) electrons. The van der Waals surface area contributed by atoms with Crippen LogP contribution in [0.15, 0.2) is 23.1 Å². The maximum Gasteiger partial charge on any atom is 0.244 e. The van der Waals surface area contributed by atoms with Crippen LogP contribution >= 0.6 is 23.8 Å². The van der Waals surface area contributed by atoms with Crippen LogP contribution in [0.5, 0.6) is 0 Å². The number of thiocarbonyl (C=S) groups is 1. The van der Waals surface area contributed by atoms with Gasteiger partial charge in [-0.2, -0.15) is 4.31 Å². The molecular formula is C13H19ClN2O2S2. The van der Waals surface area contributed by atoms with Gasteiger partial charge in [0.15, 0.2) is 0 Å². The van der Waals surface area contributed by atoms with Crippen molar-refractivity contribution in [1.29, 1.82) is 0 Å². The van der Waals surface area contributed by atoms with Gasteiger partial charge in [0.25, 0.3) is 0 Å². The van der Waals surface area contributed by atoms with Crippen molar-refractivity contribution in [3.8, 4) is 0 Å². The number of rotatable bonds is 6. The van der Waals surface area contributed by atoms with Gasteiger partial charge in [0.05, 0.1) is 5.02 Å². The molecule has 7 heteroatoms. The molecule has 0 aliphatic heterocycles. The number of hydrogen-bond donors (Lipinski definition) is 1. The van der Waals surface area contributed by atoms with Crippen LogP contribution in [0.1, 0.15) is 32.8 Å². The molecule has 0 saturated carbocycles. The van der Waals surface area contributed by atoms with Crippen LogP contribution in [0.4, 0.5) is 0 Å². The number of nitrogens with zero attached hydrogens (tertiary/aromatic N) is 1. The summed E-state index contributed by atoms with van der Waals surface area (Å²) in [6, 6.07) is 4.45. The summed E-state index contributed by atoms with van der Waals surface area (Å²) in [6.07, 6.45) is 0.722. The summed E-state index contributed by atoms with van der Waals surface area (Å²) >= 11 is 10.9. The van der Waals surface area contributed by atoms with Gasteiger partial charge in [0.1, 0.15) is 9.88 Å². The van der Waals surface area contributed by atoms with E-state index in [9.17, 15) is 8.42 Å². The Morgan fingerprint density at radius 3 is 2.50 bits per heavy atom. The first-order valence-electron chi connectivity index (χ1n) is 6.36. The highest BCUT2D eigenvalue weighted by atomic mass is 35.5. The third-order valence-corrected chi connectivity index (χ3v) is 6.00. The normalized spacial score (nSPS) is 13.4. The summed E-state index contributed by atoms with van der Waals surface area (Å²) in [5, 5.41) is 0.173. The third-order valence-electron chi connectivity index (χ3n) is 3.20. The molecule has 0 aromatic heterocycles. The van der Waals surface area contributed by atoms with Crippen molar-refractivity contribution in [3.63, 3.8) is 0 Å². The fourth-order valence-electron chi connectivity index (χ4n) is 1.90. The Labute approximate surface area is 131 Å². The predicted molar refractivity (Wildman–Crippen MR) is 86.7 cm³/mol. The highest BCUT2D eigenvalue weighted by Crippen LogP contribution is 2.27. The van der Waals surface area contributed by atoms with Gasteiger partial charge in [-0.25, -0.2) is 8.42 Å². The standard InChI is InChI=1S/C13H19ClN2O2S2/c1-4-9(3)16(5-2)20(17,18)12-8-10(13(15)19)6-7-11(12)14/h6-9H,4-5H2,1-3H3,(H2,15,19). The van der Waals surface area contributed by atoms with E-state index < -0.39 is 10.0 Å². The van der Waals surface area contributed by atoms with Gasteiger partial charge >= 0.3 is 0 Å². The first-order valence-corrected chi connectivity index (χ1v) is 8.59. The summed E-state index contributed by atoms with van der Waals surface area (Å²) < 4.78 is 26.9. The molecule has 20 heavy (non-hydrogen) atoms. The van der Waals surface area contributed by atoms with Crippen molar-refractivity contribution in [2.45, 2.75) is 38.1 Å². The minimum atomic E-state index is -3.66. The molecule has 0 amide bonds. The Hall–Kier alpha value is -0.690. The zero-order chi connectivity index (χ0) is 15.5. The molecular weight excluding hydrogens is 316 g/mol. The highest BCUT2D eigenvalue weighted by Gasteiger charge is 2.29. The Morgan fingerprint density at radius 2 is 2.05 bits per heavy atom. The zero-order valence-corrected chi connectivity index (χ0v) is 14.1. The topological polar surface area (TPSA) is 63.4 Å². The fourth-order valence-corrected chi connectivity index (χ4v) is 4.25. The van der Waals surface area contributed by atoms with E-state index in [4.69, 9.17) is 29.6 Å². The largest absolute Gasteiger partial charge is 0.389 e. The van der Waals surface area contributed by atoms with Crippen LogP contribution < -0.4 is 5.73 Å². The van der Waals surface area contributed by atoms with Crippen molar-refractivity contribution in [2.24, 2.45) is 5.73 Å². The van der Waals surface area contributed by atoms with E-state index in [1.54, 1.807) is 13.0 Å². The maximum absolute atomic E-state index is 12.7. The molecule has 0 aliphatic carbocycles. The quantitative estimate of drug-likeness (QED) is 0.812. The summed E-state index contributed by atoms with van der Waals surface area (Å²) in [6.45, 7) is 5.99. The number of sulfonamides is 1. The smallest absolute Gasteiger partial charge is 0.244 e. The number of halogens is 1. The molecule has 0 heterocycles. The van der Waals surface area contributed by atoms with Crippen molar-refractivity contribution in [2.75, 3.05) is 6.54 Å². The molecule has 0 saturated heterocycles. The second-order valence-electron chi connectivity index (χ2n) is 4.48. The van der Waals surface area contributed by atoms with Crippen LogP contribution in [0, 0.1) is 0 Å². The molecule has 1 rings (SSSR count). The van der Waals surface area contributed by atoms with Gasteiger partial charge in [-0.15, -0.1) is 0 Å². The van der Waals surface area contributed by atoms with E-state index in [1.165, 1.54) is 16.4 Å². The number of benzene rings is 1. The van der Waals surface area contributed by atoms with E-state index >= 15 is 0 Å². The second kappa shape index (κ2) is 6.85. The van der Waals surface area contributed by atoms with Crippen molar-refractivity contribution in [3.05, 3.63) is 28.8 Å². The summed E-state index contributed by atoms with van der Waals surface area (Å²) in [4.78, 5) is 0.191. The SMILES string of the molecule is CCC(C)N(CC)S(=O)(=O)c1cc(C(N)=S)ccc1Cl. The van der Waals surface area contributed by atoms with Crippen LogP contribution in [0.3, 0.4) is 0 Å². The van der Waals surface area contributed by atoms with Gasteiger partial charge in [0.2, 0.25) is 10.0 Å². The van der Waals surface area contributed by atoms with Crippen LogP contribution in [-0.4, -0.2) is 30.3 Å². The average molecular weight is 335 g/mol. The molecule has 1 aromatic carbocycles. The fraction of sp³-hybridized carbons (Fsp3) is 0.462. The Kier molecular flexibility index (Phi) is 5.94. The summed E-state index contributed by atoms with van der Waals surface area (Å²) in [5.41, 5.74) is 6.04. The average Bonchev–Trinajstić information content (AvgIpc) is 2.38. The van der Waals surface area contributed by atoms with Crippen LogP contribution in [0.25, 0.3) is 0 Å². The van der Waals surface area contributed by atoms with E-state index in [1.807, 2.05) is 13.8 Å². The Morgan fingerprint density at radius 1 is 1.45 bits per heavy atom. The predicted octanol–water partition coefficient (Wildman–Crippen LogP) is 2.78. The lowest BCUT2D eigenvalue weighted by molar-refractivity contribution is 0.342. The molecule has 0 bridgehead atoms. The highest BCUT2D eigenvalue weighted by molar-refractivity contribution is 7.89. The van der Waals surface area contributed by atoms with Gasteiger partial charge in [-0.05, 0) is 25.5 Å². The minimum absolute atomic E-state index is 0.0478. The van der Waals surface area contributed by atoms with E-state index in [-0.39, 0.29) is 20.9 Å². The third kappa shape index (κ3) is 3.49.